The van der Waals surface area contributed by atoms with E-state index in [1.54, 1.807) is 0 Å². The smallest absolute Gasteiger partial charge is 0.0172 e. The average Bonchev–Trinajstić information content (AvgIpc) is 1.72. The monoisotopic (exact) mass is 213 g/mol. The molecule has 0 radical (unpaired) electrons. The molecule has 1 N–H and O–H groups in total. The van der Waals surface area contributed by atoms with E-state index in [0.29, 0.717) is 0 Å². The van der Waals surface area contributed by atoms with Crippen LogP contribution in [0.15, 0.2) is 0 Å². The first-order valence-corrected chi connectivity index (χ1v) is 3.79. The van der Waals surface area contributed by atoms with E-state index >= 15 is 0 Å². The van der Waals surface area contributed by atoms with Gasteiger partial charge < -0.3 is 0 Å². The van der Waals surface area contributed by atoms with Gasteiger partial charge in [-0.25, -0.2) is 0 Å². The molecule has 0 unspecified atom stereocenters. The summed E-state index contributed by atoms with van der Waals surface area (Å²) in [5.74, 6) is 0. The zero-order valence-corrected chi connectivity index (χ0v) is 7.03. The third kappa shape index (κ3) is 3.29. The maximum Gasteiger partial charge on any atom is 0.0172 e. The van der Waals surface area contributed by atoms with Crippen molar-refractivity contribution in [2.24, 2.45) is 0 Å². The zero-order valence-electron chi connectivity index (χ0n) is 4.87. The van der Waals surface area contributed by atoms with Gasteiger partial charge in [0, 0.05) is 28.9 Å². The van der Waals surface area contributed by atoms with Gasteiger partial charge in [0.15, 0.2) is 0 Å². The topological polar surface area (TPSA) is 12.0 Å². The SMILES string of the molecule is CCC(CC)NI. The third-order valence-corrected chi connectivity index (χ3v) is 2.02. The Morgan fingerprint density at radius 1 is 1.43 bits per heavy atom. The largest absolute Gasteiger partial charge is 0.258 e. The number of halogens is 1. The second-order valence-electron chi connectivity index (χ2n) is 1.62. The maximum atomic E-state index is 3.17. The van der Waals surface area contributed by atoms with E-state index in [4.69, 9.17) is 0 Å². The van der Waals surface area contributed by atoms with Crippen molar-refractivity contribution in [2.75, 3.05) is 0 Å². The molecule has 0 aromatic heterocycles. The zero-order chi connectivity index (χ0) is 5.70. The van der Waals surface area contributed by atoms with Crippen LogP contribution in [-0.2, 0) is 0 Å². The summed E-state index contributed by atoms with van der Waals surface area (Å²) in [6.45, 7) is 4.39. The van der Waals surface area contributed by atoms with Gasteiger partial charge in [0.25, 0.3) is 0 Å². The van der Waals surface area contributed by atoms with Gasteiger partial charge in [-0.3, -0.25) is 3.53 Å². The number of hydrogen-bond donors (Lipinski definition) is 1. The Balaban J connectivity index is 2.99. The van der Waals surface area contributed by atoms with Crippen molar-refractivity contribution in [1.82, 2.24) is 3.53 Å². The Bertz CT molecular complexity index is 29.6. The quantitative estimate of drug-likeness (QED) is 0.559. The van der Waals surface area contributed by atoms with Gasteiger partial charge in [0.05, 0.1) is 0 Å². The molecule has 7 heavy (non-hydrogen) atoms. The lowest BCUT2D eigenvalue weighted by Crippen LogP contribution is -2.16. The summed E-state index contributed by atoms with van der Waals surface area (Å²) in [6, 6.07) is 0.723. The lowest BCUT2D eigenvalue weighted by atomic mass is 10.2. The molecule has 0 saturated heterocycles. The first-order chi connectivity index (χ1) is 3.35. The van der Waals surface area contributed by atoms with Crippen LogP contribution in [0.5, 0.6) is 0 Å². The molecule has 0 heterocycles. The van der Waals surface area contributed by atoms with Gasteiger partial charge in [0.1, 0.15) is 0 Å². The van der Waals surface area contributed by atoms with Crippen LogP contribution < -0.4 is 3.53 Å². The predicted octanol–water partition coefficient (Wildman–Crippen LogP) is 2.11. The summed E-state index contributed by atoms with van der Waals surface area (Å²) in [5.41, 5.74) is 0. The minimum absolute atomic E-state index is 0.723. The second kappa shape index (κ2) is 4.84. The van der Waals surface area contributed by atoms with Crippen molar-refractivity contribution >= 4 is 22.9 Å². The van der Waals surface area contributed by atoms with Crippen molar-refractivity contribution in [3.63, 3.8) is 0 Å². The van der Waals surface area contributed by atoms with Crippen LogP contribution in [0.25, 0.3) is 0 Å². The first kappa shape index (κ1) is 7.69. The molecular weight excluding hydrogens is 201 g/mol. The fraction of sp³-hybridized carbons (Fsp3) is 1.00. The molecule has 0 aliphatic heterocycles. The molecule has 0 aromatic carbocycles. The Labute approximate surface area is 59.4 Å². The molecule has 0 atom stereocenters. The first-order valence-electron chi connectivity index (χ1n) is 2.71. The van der Waals surface area contributed by atoms with E-state index in [0.717, 1.165) is 6.04 Å². The van der Waals surface area contributed by atoms with Gasteiger partial charge in [-0.15, -0.1) is 0 Å². The van der Waals surface area contributed by atoms with Gasteiger partial charge in [-0.1, -0.05) is 13.8 Å². The van der Waals surface area contributed by atoms with Crippen molar-refractivity contribution < 1.29 is 0 Å². The van der Waals surface area contributed by atoms with Crippen LogP contribution in [0.3, 0.4) is 0 Å². The lowest BCUT2D eigenvalue weighted by Gasteiger charge is -2.06. The number of rotatable bonds is 3. The van der Waals surface area contributed by atoms with Crippen molar-refractivity contribution in [1.29, 1.82) is 0 Å². The third-order valence-electron chi connectivity index (χ3n) is 1.14. The predicted molar refractivity (Wildman–Crippen MR) is 41.5 cm³/mol. The van der Waals surface area contributed by atoms with E-state index in [-0.39, 0.29) is 0 Å². The fourth-order valence-electron chi connectivity index (χ4n) is 0.443. The molecule has 0 saturated carbocycles. The van der Waals surface area contributed by atoms with Crippen molar-refractivity contribution in [3.05, 3.63) is 0 Å². The molecule has 0 rings (SSSR count). The Morgan fingerprint density at radius 3 is 1.86 bits per heavy atom. The van der Waals surface area contributed by atoms with Crippen LogP contribution in [0.1, 0.15) is 26.7 Å². The average molecular weight is 213 g/mol. The molecular formula is C5H12IN. The molecule has 0 fully saturated rings. The number of nitrogens with one attached hydrogen (secondary N) is 1. The minimum Gasteiger partial charge on any atom is -0.258 e. The molecule has 2 heteroatoms. The Morgan fingerprint density at radius 2 is 1.86 bits per heavy atom. The number of hydrogen-bond acceptors (Lipinski definition) is 1. The lowest BCUT2D eigenvalue weighted by molar-refractivity contribution is 0.605. The van der Waals surface area contributed by atoms with Crippen LogP contribution >= 0.6 is 22.9 Å². The maximum absolute atomic E-state index is 3.17. The highest BCUT2D eigenvalue weighted by atomic mass is 127. The standard InChI is InChI=1S/C5H12IN/c1-3-5(4-2)7-6/h5,7H,3-4H2,1-2H3. The van der Waals surface area contributed by atoms with Crippen LogP contribution in [0.2, 0.25) is 0 Å². The summed E-state index contributed by atoms with van der Waals surface area (Å²) >= 11 is 2.20. The fourth-order valence-corrected chi connectivity index (χ4v) is 1.32. The molecule has 0 aliphatic rings. The highest BCUT2D eigenvalue weighted by Crippen LogP contribution is 1.96. The van der Waals surface area contributed by atoms with E-state index in [9.17, 15) is 0 Å². The van der Waals surface area contributed by atoms with E-state index in [2.05, 4.69) is 40.2 Å². The molecule has 1 nitrogen and oxygen atoms in total. The summed E-state index contributed by atoms with van der Waals surface area (Å²) in [4.78, 5) is 0. The molecule has 44 valence electrons. The molecule has 0 bridgehead atoms. The van der Waals surface area contributed by atoms with Gasteiger partial charge in [-0.2, -0.15) is 0 Å². The summed E-state index contributed by atoms with van der Waals surface area (Å²) in [7, 11) is 0. The molecule has 0 aromatic rings. The molecule has 0 amide bonds. The van der Waals surface area contributed by atoms with E-state index in [1.807, 2.05) is 0 Å². The second-order valence-corrected chi connectivity index (χ2v) is 2.25. The van der Waals surface area contributed by atoms with Crippen LogP contribution in [-0.4, -0.2) is 6.04 Å². The molecule has 0 spiro atoms. The van der Waals surface area contributed by atoms with E-state index < -0.39 is 0 Å². The molecule has 0 aliphatic carbocycles. The highest BCUT2D eigenvalue weighted by molar-refractivity contribution is 14.1. The normalized spacial score (nSPS) is 10.3. The van der Waals surface area contributed by atoms with Crippen molar-refractivity contribution in [2.45, 2.75) is 32.7 Å². The minimum atomic E-state index is 0.723. The van der Waals surface area contributed by atoms with Gasteiger partial charge >= 0.3 is 0 Å². The van der Waals surface area contributed by atoms with E-state index in [1.165, 1.54) is 12.8 Å². The van der Waals surface area contributed by atoms with Gasteiger partial charge in [-0.05, 0) is 12.8 Å². The van der Waals surface area contributed by atoms with Crippen molar-refractivity contribution in [3.8, 4) is 0 Å². The summed E-state index contributed by atoms with van der Waals surface area (Å²) in [5, 5.41) is 0. The summed E-state index contributed by atoms with van der Waals surface area (Å²) < 4.78 is 3.17. The highest BCUT2D eigenvalue weighted by Gasteiger charge is 1.95. The Hall–Kier alpha value is 0.690. The summed E-state index contributed by atoms with van der Waals surface area (Å²) in [6.07, 6.45) is 2.47. The van der Waals surface area contributed by atoms with Crippen LogP contribution in [0, 0.1) is 0 Å². The van der Waals surface area contributed by atoms with Gasteiger partial charge in [0.2, 0.25) is 0 Å². The van der Waals surface area contributed by atoms with Crippen LogP contribution in [0.4, 0.5) is 0 Å². The Kier molecular flexibility index (Phi) is 5.32.